The van der Waals surface area contributed by atoms with Crippen molar-refractivity contribution in [2.75, 3.05) is 13.7 Å². The van der Waals surface area contributed by atoms with E-state index in [1.54, 1.807) is 7.11 Å². The number of hydrogen-bond acceptors (Lipinski definition) is 2. The van der Waals surface area contributed by atoms with Crippen LogP contribution >= 0.6 is 0 Å². The van der Waals surface area contributed by atoms with Crippen molar-refractivity contribution in [3.8, 4) is 12.3 Å². The lowest BCUT2D eigenvalue weighted by Gasteiger charge is -2.22. The molecule has 12 heavy (non-hydrogen) atoms. The maximum Gasteiger partial charge on any atom is 0.162 e. The molecule has 0 atom stereocenters. The van der Waals surface area contributed by atoms with Gasteiger partial charge < -0.3 is 9.47 Å². The van der Waals surface area contributed by atoms with Crippen molar-refractivity contribution in [1.82, 2.24) is 0 Å². The van der Waals surface area contributed by atoms with Gasteiger partial charge in [-0.3, -0.25) is 0 Å². The molecule has 2 nitrogen and oxygen atoms in total. The Balaban J connectivity index is 3.79. The molecule has 2 heteroatoms. The molecule has 0 aliphatic carbocycles. The summed E-state index contributed by atoms with van der Waals surface area (Å²) in [6.45, 7) is 6.05. The molecular formula is C10H16O2. The summed E-state index contributed by atoms with van der Waals surface area (Å²) < 4.78 is 10.4. The van der Waals surface area contributed by atoms with Crippen LogP contribution in [0, 0.1) is 12.3 Å². The van der Waals surface area contributed by atoms with Gasteiger partial charge in [0.2, 0.25) is 0 Å². The first-order chi connectivity index (χ1) is 5.52. The smallest absolute Gasteiger partial charge is 0.162 e. The third-order valence-electron chi connectivity index (χ3n) is 1.54. The first-order valence-corrected chi connectivity index (χ1v) is 3.84. The fraction of sp³-hybridized carbons (Fsp3) is 0.600. The van der Waals surface area contributed by atoms with Crippen LogP contribution < -0.4 is 0 Å². The molecule has 0 radical (unpaired) electrons. The molecule has 0 fully saturated rings. The van der Waals surface area contributed by atoms with Crippen molar-refractivity contribution in [3.63, 3.8) is 0 Å². The van der Waals surface area contributed by atoms with Gasteiger partial charge in [-0.2, -0.15) is 0 Å². The highest BCUT2D eigenvalue weighted by molar-refractivity contribution is 5.22. The Morgan fingerprint density at radius 2 is 2.17 bits per heavy atom. The normalized spacial score (nSPS) is 12.8. The van der Waals surface area contributed by atoms with Gasteiger partial charge in [-0.25, -0.2) is 0 Å². The van der Waals surface area contributed by atoms with Crippen LogP contribution in [0.4, 0.5) is 0 Å². The standard InChI is InChI=1S/C10H16O2/c1-6-9(2)7-8-12-10(3,4)11-5/h1,7H,8H2,2-5H3. The summed E-state index contributed by atoms with van der Waals surface area (Å²) in [5.74, 6) is 1.97. The highest BCUT2D eigenvalue weighted by Crippen LogP contribution is 2.08. The van der Waals surface area contributed by atoms with E-state index >= 15 is 0 Å². The Hall–Kier alpha value is -0.780. The lowest BCUT2D eigenvalue weighted by molar-refractivity contribution is -0.189. The van der Waals surface area contributed by atoms with E-state index < -0.39 is 5.79 Å². The first-order valence-electron chi connectivity index (χ1n) is 3.84. The Labute approximate surface area is 74.6 Å². The van der Waals surface area contributed by atoms with Gasteiger partial charge in [0.1, 0.15) is 0 Å². The van der Waals surface area contributed by atoms with Crippen molar-refractivity contribution in [3.05, 3.63) is 11.6 Å². The monoisotopic (exact) mass is 168 g/mol. The molecule has 0 amide bonds. The van der Waals surface area contributed by atoms with E-state index in [0.717, 1.165) is 5.57 Å². The van der Waals surface area contributed by atoms with E-state index in [-0.39, 0.29) is 0 Å². The molecule has 0 saturated carbocycles. The van der Waals surface area contributed by atoms with Crippen molar-refractivity contribution in [2.45, 2.75) is 26.6 Å². The second kappa shape index (κ2) is 4.97. The molecule has 0 bridgehead atoms. The Morgan fingerprint density at radius 3 is 2.58 bits per heavy atom. The molecule has 0 unspecified atom stereocenters. The quantitative estimate of drug-likeness (QED) is 0.472. The maximum atomic E-state index is 5.36. The zero-order valence-corrected chi connectivity index (χ0v) is 8.18. The second-order valence-corrected chi connectivity index (χ2v) is 2.95. The first kappa shape index (κ1) is 11.2. The molecule has 0 aromatic rings. The molecule has 0 aromatic carbocycles. The highest BCUT2D eigenvalue weighted by Gasteiger charge is 2.14. The van der Waals surface area contributed by atoms with Crippen molar-refractivity contribution in [1.29, 1.82) is 0 Å². The molecule has 0 N–H and O–H groups in total. The Morgan fingerprint density at radius 1 is 1.58 bits per heavy atom. The zero-order chi connectivity index (χ0) is 9.61. The molecular weight excluding hydrogens is 152 g/mol. The van der Waals surface area contributed by atoms with Gasteiger partial charge in [0, 0.05) is 7.11 Å². The zero-order valence-electron chi connectivity index (χ0n) is 8.18. The predicted octanol–water partition coefficient (Wildman–Crippen LogP) is 1.97. The molecule has 0 spiro atoms. The van der Waals surface area contributed by atoms with Gasteiger partial charge >= 0.3 is 0 Å². The van der Waals surface area contributed by atoms with E-state index in [9.17, 15) is 0 Å². The Bertz CT molecular complexity index is 196. The molecule has 0 heterocycles. The third kappa shape index (κ3) is 4.95. The van der Waals surface area contributed by atoms with Crippen molar-refractivity contribution in [2.24, 2.45) is 0 Å². The van der Waals surface area contributed by atoms with Crippen LogP contribution in [-0.4, -0.2) is 19.5 Å². The SMILES string of the molecule is C#CC(C)=CCOC(C)(C)OC. The van der Waals surface area contributed by atoms with E-state index in [1.807, 2.05) is 26.8 Å². The van der Waals surface area contributed by atoms with Crippen LogP contribution in [0.2, 0.25) is 0 Å². The van der Waals surface area contributed by atoms with Gasteiger partial charge in [0.15, 0.2) is 5.79 Å². The van der Waals surface area contributed by atoms with Gasteiger partial charge in [-0.1, -0.05) is 5.92 Å². The maximum absolute atomic E-state index is 5.36. The molecule has 0 rings (SSSR count). The summed E-state index contributed by atoms with van der Waals surface area (Å²) in [6.07, 6.45) is 7.00. The van der Waals surface area contributed by atoms with Gasteiger partial charge in [0.05, 0.1) is 6.61 Å². The van der Waals surface area contributed by atoms with Gasteiger partial charge in [-0.15, -0.1) is 6.42 Å². The predicted molar refractivity (Wildman–Crippen MR) is 49.6 cm³/mol. The fourth-order valence-electron chi connectivity index (χ4n) is 0.485. The summed E-state index contributed by atoms with van der Waals surface area (Å²) in [4.78, 5) is 0. The molecule has 0 saturated heterocycles. The average molecular weight is 168 g/mol. The number of rotatable bonds is 4. The second-order valence-electron chi connectivity index (χ2n) is 2.95. The topological polar surface area (TPSA) is 18.5 Å². The molecule has 0 aliphatic rings. The summed E-state index contributed by atoms with van der Waals surface area (Å²) in [7, 11) is 1.61. The lowest BCUT2D eigenvalue weighted by atomic mass is 10.3. The number of methoxy groups -OCH3 is 1. The fourth-order valence-corrected chi connectivity index (χ4v) is 0.485. The van der Waals surface area contributed by atoms with E-state index in [1.165, 1.54) is 0 Å². The molecule has 0 aliphatic heterocycles. The average Bonchev–Trinajstić information content (AvgIpc) is 2.04. The summed E-state index contributed by atoms with van der Waals surface area (Å²) in [5, 5.41) is 0. The number of hydrogen-bond donors (Lipinski definition) is 0. The minimum absolute atomic E-state index is 0.483. The van der Waals surface area contributed by atoms with Gasteiger partial charge in [0.25, 0.3) is 0 Å². The minimum atomic E-state index is -0.536. The van der Waals surface area contributed by atoms with Crippen LogP contribution in [0.3, 0.4) is 0 Å². The summed E-state index contributed by atoms with van der Waals surface area (Å²) in [5.41, 5.74) is 0.877. The van der Waals surface area contributed by atoms with Crippen LogP contribution in [0.25, 0.3) is 0 Å². The lowest BCUT2D eigenvalue weighted by Crippen LogP contribution is -2.26. The van der Waals surface area contributed by atoms with Crippen LogP contribution in [0.5, 0.6) is 0 Å². The van der Waals surface area contributed by atoms with Crippen molar-refractivity contribution < 1.29 is 9.47 Å². The number of ether oxygens (including phenoxy) is 2. The largest absolute Gasteiger partial charge is 0.354 e. The Kier molecular flexibility index (Phi) is 4.65. The van der Waals surface area contributed by atoms with Gasteiger partial charge in [-0.05, 0) is 32.4 Å². The van der Waals surface area contributed by atoms with E-state index in [2.05, 4.69) is 5.92 Å². The number of allylic oxidation sites excluding steroid dienone is 1. The van der Waals surface area contributed by atoms with E-state index in [4.69, 9.17) is 15.9 Å². The van der Waals surface area contributed by atoms with Crippen LogP contribution in [-0.2, 0) is 9.47 Å². The molecule has 0 aromatic heterocycles. The molecule has 68 valence electrons. The third-order valence-corrected chi connectivity index (χ3v) is 1.54. The highest BCUT2D eigenvalue weighted by atomic mass is 16.7. The van der Waals surface area contributed by atoms with Crippen molar-refractivity contribution >= 4 is 0 Å². The van der Waals surface area contributed by atoms with Crippen LogP contribution in [0.1, 0.15) is 20.8 Å². The summed E-state index contributed by atoms with van der Waals surface area (Å²) in [6, 6.07) is 0. The minimum Gasteiger partial charge on any atom is -0.354 e. The van der Waals surface area contributed by atoms with E-state index in [0.29, 0.717) is 6.61 Å². The van der Waals surface area contributed by atoms with Crippen LogP contribution in [0.15, 0.2) is 11.6 Å². The number of terminal acetylenes is 1. The summed E-state index contributed by atoms with van der Waals surface area (Å²) >= 11 is 0.